The summed E-state index contributed by atoms with van der Waals surface area (Å²) in [5.74, 6) is 0.168. The summed E-state index contributed by atoms with van der Waals surface area (Å²) in [5.41, 5.74) is 9.04. The molecule has 7 nitrogen and oxygen atoms in total. The molecule has 0 fully saturated rings. The van der Waals surface area contributed by atoms with Crippen LogP contribution in [-0.2, 0) is 0 Å². The number of benzene rings is 1. The molecule has 0 saturated heterocycles. The number of para-hydroxylation sites is 1. The second-order valence-corrected chi connectivity index (χ2v) is 8.08. The molecule has 0 saturated carbocycles. The molecule has 4 rings (SSSR count). The van der Waals surface area contributed by atoms with E-state index in [4.69, 9.17) is 5.73 Å². The van der Waals surface area contributed by atoms with Crippen LogP contribution >= 0.6 is 0 Å². The predicted octanol–water partition coefficient (Wildman–Crippen LogP) is 2.87. The van der Waals surface area contributed by atoms with E-state index in [9.17, 15) is 4.39 Å². The smallest absolute Gasteiger partial charge is 0.227 e. The Labute approximate surface area is 181 Å². The summed E-state index contributed by atoms with van der Waals surface area (Å²) < 4.78 is 14.0. The van der Waals surface area contributed by atoms with E-state index in [1.54, 1.807) is 18.5 Å². The lowest BCUT2D eigenvalue weighted by Gasteiger charge is -2.38. The molecule has 1 aliphatic rings. The molecule has 0 spiro atoms. The molecule has 2 aromatic heterocycles. The second-order valence-electron chi connectivity index (χ2n) is 8.08. The van der Waals surface area contributed by atoms with Gasteiger partial charge in [0.1, 0.15) is 5.82 Å². The number of fused-ring (bicyclic) bond motifs is 1. The topological polar surface area (TPSA) is 94.9 Å². The monoisotopic (exact) mass is 421 g/mol. The zero-order valence-corrected chi connectivity index (χ0v) is 18.0. The van der Waals surface area contributed by atoms with Gasteiger partial charge >= 0.3 is 0 Å². The first-order valence-electron chi connectivity index (χ1n) is 10.3. The van der Waals surface area contributed by atoms with Gasteiger partial charge in [0.2, 0.25) is 5.95 Å². The number of hydrogen-bond acceptors (Lipinski definition) is 6. The molecular weight excluding hydrogens is 393 g/mol. The summed E-state index contributed by atoms with van der Waals surface area (Å²) in [6, 6.07) is 6.60. The van der Waals surface area contributed by atoms with Crippen molar-refractivity contribution in [1.29, 1.82) is 0 Å². The van der Waals surface area contributed by atoms with E-state index in [0.717, 1.165) is 29.6 Å². The highest BCUT2D eigenvalue weighted by Gasteiger charge is 2.33. The molecule has 0 radical (unpaired) electrons. The number of nitrogens with one attached hydrogen (secondary N) is 3. The standard InChI is InChI=1S/C23H28FN7/c1-26-23(10-12-31(2)3)9-7-15(13-20(23)25)29-22-27-11-8-19(30-22)17-14-28-21-16(17)5-4-6-18(21)24/h4-9,11,13-14,20,26,28H,10,12,25H2,1-3H3,(H,27,29,30). The molecular formula is C23H28FN7. The van der Waals surface area contributed by atoms with Gasteiger partial charge in [-0.1, -0.05) is 18.2 Å². The van der Waals surface area contributed by atoms with Crippen molar-refractivity contribution in [2.24, 2.45) is 5.73 Å². The number of allylic oxidation sites excluding steroid dienone is 1. The van der Waals surface area contributed by atoms with Crippen molar-refractivity contribution < 1.29 is 4.39 Å². The fourth-order valence-corrected chi connectivity index (χ4v) is 3.89. The van der Waals surface area contributed by atoms with Crippen LogP contribution in [0.1, 0.15) is 6.42 Å². The van der Waals surface area contributed by atoms with Gasteiger partial charge in [-0.3, -0.25) is 0 Å². The molecule has 0 aliphatic heterocycles. The van der Waals surface area contributed by atoms with Gasteiger partial charge in [0.15, 0.2) is 0 Å². The van der Waals surface area contributed by atoms with Crippen LogP contribution in [-0.4, -0.2) is 59.1 Å². The lowest BCUT2D eigenvalue weighted by molar-refractivity contribution is 0.300. The molecule has 1 aromatic carbocycles. The van der Waals surface area contributed by atoms with Crippen LogP contribution in [0.4, 0.5) is 10.3 Å². The molecule has 31 heavy (non-hydrogen) atoms. The fourth-order valence-electron chi connectivity index (χ4n) is 3.89. The molecule has 162 valence electrons. The third-order valence-corrected chi connectivity index (χ3v) is 5.80. The minimum atomic E-state index is -0.299. The van der Waals surface area contributed by atoms with Crippen molar-refractivity contribution in [3.8, 4) is 11.3 Å². The highest BCUT2D eigenvalue weighted by molar-refractivity contribution is 5.94. The molecule has 2 heterocycles. The molecule has 0 amide bonds. The lowest BCUT2D eigenvalue weighted by atomic mass is 9.83. The van der Waals surface area contributed by atoms with Crippen molar-refractivity contribution >= 4 is 16.9 Å². The number of rotatable bonds is 7. The molecule has 2 unspecified atom stereocenters. The number of aromatic amines is 1. The Hall–Kier alpha value is -3.07. The van der Waals surface area contributed by atoms with Gasteiger partial charge in [0, 0.05) is 35.1 Å². The first-order chi connectivity index (χ1) is 14.9. The van der Waals surface area contributed by atoms with Crippen LogP contribution in [0.25, 0.3) is 22.2 Å². The molecule has 2 atom stereocenters. The van der Waals surface area contributed by atoms with Gasteiger partial charge in [0.05, 0.1) is 16.7 Å². The van der Waals surface area contributed by atoms with Crippen LogP contribution in [0.3, 0.4) is 0 Å². The summed E-state index contributed by atoms with van der Waals surface area (Å²) in [5, 5.41) is 7.41. The SMILES string of the molecule is CNC1(CCN(C)C)C=CC(Nc2nccc(-c3c[nH]c4c(F)cccc34)n2)=CC1N. The Bertz CT molecular complexity index is 1130. The van der Waals surface area contributed by atoms with Crippen molar-refractivity contribution in [3.05, 3.63) is 66.4 Å². The lowest BCUT2D eigenvalue weighted by Crippen LogP contribution is -2.57. The number of nitrogens with two attached hydrogens (primary N) is 1. The van der Waals surface area contributed by atoms with Crippen LogP contribution < -0.4 is 16.4 Å². The number of halogens is 1. The minimum Gasteiger partial charge on any atom is -0.358 e. The van der Waals surface area contributed by atoms with Crippen molar-refractivity contribution in [2.45, 2.75) is 18.0 Å². The van der Waals surface area contributed by atoms with Crippen LogP contribution in [0.15, 0.2) is 60.6 Å². The van der Waals surface area contributed by atoms with Gasteiger partial charge in [-0.15, -0.1) is 0 Å². The molecule has 0 bridgehead atoms. The van der Waals surface area contributed by atoms with Crippen LogP contribution in [0.2, 0.25) is 0 Å². The zero-order valence-electron chi connectivity index (χ0n) is 18.0. The van der Waals surface area contributed by atoms with Gasteiger partial charge in [-0.2, -0.15) is 0 Å². The predicted molar refractivity (Wildman–Crippen MR) is 123 cm³/mol. The quantitative estimate of drug-likeness (QED) is 0.469. The largest absolute Gasteiger partial charge is 0.358 e. The molecule has 3 aromatic rings. The van der Waals surface area contributed by atoms with Gasteiger partial charge < -0.3 is 26.3 Å². The summed E-state index contributed by atoms with van der Waals surface area (Å²) in [4.78, 5) is 14.1. The Morgan fingerprint density at radius 1 is 1.29 bits per heavy atom. The van der Waals surface area contributed by atoms with E-state index in [1.165, 1.54) is 6.07 Å². The first-order valence-corrected chi connectivity index (χ1v) is 10.3. The van der Waals surface area contributed by atoms with E-state index in [0.29, 0.717) is 17.2 Å². The first kappa shape index (κ1) is 21.2. The highest BCUT2D eigenvalue weighted by Crippen LogP contribution is 2.29. The highest BCUT2D eigenvalue weighted by atomic mass is 19.1. The maximum absolute atomic E-state index is 14.0. The Morgan fingerprint density at radius 2 is 2.13 bits per heavy atom. The van der Waals surface area contributed by atoms with Crippen LogP contribution in [0, 0.1) is 5.82 Å². The summed E-state index contributed by atoms with van der Waals surface area (Å²) >= 11 is 0. The van der Waals surface area contributed by atoms with E-state index in [2.05, 4.69) is 50.7 Å². The summed E-state index contributed by atoms with van der Waals surface area (Å²) in [6.07, 6.45) is 10.4. The third-order valence-electron chi connectivity index (χ3n) is 5.80. The molecule has 5 N–H and O–H groups in total. The van der Waals surface area contributed by atoms with E-state index in [1.807, 2.05) is 31.3 Å². The van der Waals surface area contributed by atoms with Gasteiger partial charge in [-0.05, 0) is 58.4 Å². The normalized spacial score (nSPS) is 21.0. The van der Waals surface area contributed by atoms with E-state index < -0.39 is 0 Å². The van der Waals surface area contributed by atoms with Gasteiger partial charge in [-0.25, -0.2) is 14.4 Å². The number of nitrogens with zero attached hydrogens (tertiary/aromatic N) is 3. The van der Waals surface area contributed by atoms with Crippen molar-refractivity contribution in [1.82, 2.24) is 25.2 Å². The summed E-state index contributed by atoms with van der Waals surface area (Å²) in [6.45, 7) is 0.922. The number of H-pyrrole nitrogens is 1. The maximum atomic E-state index is 14.0. The number of anilines is 1. The fraction of sp³-hybridized carbons (Fsp3) is 0.304. The number of aromatic nitrogens is 3. The number of likely N-dealkylation sites (N-methyl/N-ethyl adjacent to an activating group) is 1. The maximum Gasteiger partial charge on any atom is 0.227 e. The Balaban J connectivity index is 1.55. The van der Waals surface area contributed by atoms with Crippen LogP contribution in [0.5, 0.6) is 0 Å². The van der Waals surface area contributed by atoms with Gasteiger partial charge in [0.25, 0.3) is 0 Å². The van der Waals surface area contributed by atoms with Crippen molar-refractivity contribution in [2.75, 3.05) is 33.0 Å². The average molecular weight is 422 g/mol. The van der Waals surface area contributed by atoms with Crippen molar-refractivity contribution in [3.63, 3.8) is 0 Å². The zero-order chi connectivity index (χ0) is 22.0. The molecule has 8 heteroatoms. The Morgan fingerprint density at radius 3 is 2.87 bits per heavy atom. The average Bonchev–Trinajstić information content (AvgIpc) is 3.19. The third kappa shape index (κ3) is 4.23. The van der Waals surface area contributed by atoms with E-state index >= 15 is 0 Å². The Kier molecular flexibility index (Phi) is 5.86. The minimum absolute atomic E-state index is 0.204. The van der Waals surface area contributed by atoms with E-state index in [-0.39, 0.29) is 17.4 Å². The molecule has 1 aliphatic carbocycles. The second kappa shape index (κ2) is 8.58. The number of hydrogen-bond donors (Lipinski definition) is 4. The summed E-state index contributed by atoms with van der Waals surface area (Å²) in [7, 11) is 6.04.